The number of hydrogen-bond donors (Lipinski definition) is 0. The van der Waals surface area contributed by atoms with Gasteiger partial charge in [-0.1, -0.05) is 0 Å². The molecule has 0 aliphatic carbocycles. The SMILES string of the molecule is CC(C)(C)OC=CC=COC(C)(C)C. The highest BCUT2D eigenvalue weighted by atomic mass is 16.5. The summed E-state index contributed by atoms with van der Waals surface area (Å²) in [5.41, 5.74) is -0.259. The standard InChI is InChI=1S/C12H22O2/c1-11(2,3)13-9-7-8-10-14-12(4,5)6/h7-10H,1-6H3. The van der Waals surface area contributed by atoms with Crippen LogP contribution in [0.15, 0.2) is 24.7 Å². The van der Waals surface area contributed by atoms with E-state index < -0.39 is 0 Å². The minimum absolute atomic E-state index is 0.130. The average molecular weight is 198 g/mol. The summed E-state index contributed by atoms with van der Waals surface area (Å²) in [5, 5.41) is 0. The Kier molecular flexibility index (Phi) is 4.75. The van der Waals surface area contributed by atoms with Gasteiger partial charge in [0.05, 0.1) is 23.7 Å². The van der Waals surface area contributed by atoms with E-state index in [2.05, 4.69) is 0 Å². The van der Waals surface area contributed by atoms with Crippen LogP contribution < -0.4 is 0 Å². The number of rotatable bonds is 3. The molecule has 0 aromatic heterocycles. The summed E-state index contributed by atoms with van der Waals surface area (Å²) >= 11 is 0. The van der Waals surface area contributed by atoms with E-state index >= 15 is 0 Å². The molecule has 0 rings (SSSR count). The van der Waals surface area contributed by atoms with E-state index in [-0.39, 0.29) is 11.2 Å². The van der Waals surface area contributed by atoms with Gasteiger partial charge in [-0.3, -0.25) is 0 Å². The van der Waals surface area contributed by atoms with Crippen LogP contribution >= 0.6 is 0 Å². The Hall–Kier alpha value is -0.920. The Labute approximate surface area is 87.6 Å². The normalized spacial score (nSPS) is 13.9. The topological polar surface area (TPSA) is 18.5 Å². The zero-order valence-corrected chi connectivity index (χ0v) is 10.1. The minimum atomic E-state index is -0.130. The molecule has 0 radical (unpaired) electrons. The predicted molar refractivity (Wildman–Crippen MR) is 60.0 cm³/mol. The Morgan fingerprint density at radius 2 is 0.929 bits per heavy atom. The summed E-state index contributed by atoms with van der Waals surface area (Å²) in [5.74, 6) is 0. The molecule has 0 fully saturated rings. The lowest BCUT2D eigenvalue weighted by Crippen LogP contribution is -2.15. The van der Waals surface area contributed by atoms with Gasteiger partial charge in [0.2, 0.25) is 0 Å². The van der Waals surface area contributed by atoms with Crippen molar-refractivity contribution in [3.63, 3.8) is 0 Å². The maximum Gasteiger partial charge on any atom is 0.0998 e. The van der Waals surface area contributed by atoms with Crippen LogP contribution in [0.25, 0.3) is 0 Å². The average Bonchev–Trinajstić information content (AvgIpc) is 1.92. The minimum Gasteiger partial charge on any atom is -0.496 e. The van der Waals surface area contributed by atoms with Crippen molar-refractivity contribution in [2.24, 2.45) is 0 Å². The first-order valence-electron chi connectivity index (χ1n) is 4.88. The molecule has 0 aromatic carbocycles. The van der Waals surface area contributed by atoms with Crippen molar-refractivity contribution >= 4 is 0 Å². The molecule has 0 unspecified atom stereocenters. The van der Waals surface area contributed by atoms with Crippen LogP contribution in [0.5, 0.6) is 0 Å². The van der Waals surface area contributed by atoms with Crippen molar-refractivity contribution in [2.75, 3.05) is 0 Å². The van der Waals surface area contributed by atoms with Crippen LogP contribution in [0.4, 0.5) is 0 Å². The molecule has 0 bridgehead atoms. The maximum absolute atomic E-state index is 5.37. The Morgan fingerprint density at radius 3 is 1.14 bits per heavy atom. The molecule has 0 heterocycles. The van der Waals surface area contributed by atoms with E-state index in [1.807, 2.05) is 53.7 Å². The Bertz CT molecular complexity index is 177. The van der Waals surface area contributed by atoms with Gasteiger partial charge in [0.15, 0.2) is 0 Å². The third kappa shape index (κ3) is 11.1. The summed E-state index contributed by atoms with van der Waals surface area (Å²) in [6.07, 6.45) is 6.97. The van der Waals surface area contributed by atoms with Crippen LogP contribution in [0, 0.1) is 0 Å². The molecular formula is C12H22O2. The second kappa shape index (κ2) is 5.08. The molecule has 0 spiro atoms. The zero-order valence-electron chi connectivity index (χ0n) is 10.1. The molecule has 2 nitrogen and oxygen atoms in total. The van der Waals surface area contributed by atoms with E-state index in [0.717, 1.165) is 0 Å². The third-order valence-corrected chi connectivity index (χ3v) is 1.11. The predicted octanol–water partition coefficient (Wildman–Crippen LogP) is 3.64. The molecule has 0 aliphatic rings. The zero-order chi connectivity index (χ0) is 11.2. The van der Waals surface area contributed by atoms with Crippen molar-refractivity contribution in [1.82, 2.24) is 0 Å². The highest BCUT2D eigenvalue weighted by Crippen LogP contribution is 2.08. The maximum atomic E-state index is 5.37. The first-order valence-corrected chi connectivity index (χ1v) is 4.88. The van der Waals surface area contributed by atoms with E-state index in [4.69, 9.17) is 9.47 Å². The Balaban J connectivity index is 3.73. The molecule has 0 amide bonds. The highest BCUT2D eigenvalue weighted by molar-refractivity contribution is 4.97. The van der Waals surface area contributed by atoms with Crippen LogP contribution in [0.3, 0.4) is 0 Å². The lowest BCUT2D eigenvalue weighted by Gasteiger charge is -2.18. The second-order valence-corrected chi connectivity index (χ2v) is 5.12. The molecule has 0 saturated heterocycles. The largest absolute Gasteiger partial charge is 0.496 e. The van der Waals surface area contributed by atoms with Crippen molar-refractivity contribution in [3.8, 4) is 0 Å². The molecule has 0 aliphatic heterocycles. The van der Waals surface area contributed by atoms with Gasteiger partial charge >= 0.3 is 0 Å². The lowest BCUT2D eigenvalue weighted by molar-refractivity contribution is 0.0740. The lowest BCUT2D eigenvalue weighted by atomic mass is 10.2. The summed E-state index contributed by atoms with van der Waals surface area (Å²) in [4.78, 5) is 0. The van der Waals surface area contributed by atoms with Gasteiger partial charge in [-0.05, 0) is 53.7 Å². The summed E-state index contributed by atoms with van der Waals surface area (Å²) in [7, 11) is 0. The summed E-state index contributed by atoms with van der Waals surface area (Å²) in [6, 6.07) is 0. The van der Waals surface area contributed by atoms with E-state index in [1.165, 1.54) is 0 Å². The third-order valence-electron chi connectivity index (χ3n) is 1.11. The van der Waals surface area contributed by atoms with E-state index in [1.54, 1.807) is 12.5 Å². The quantitative estimate of drug-likeness (QED) is 0.509. The number of ether oxygens (including phenoxy) is 2. The van der Waals surface area contributed by atoms with Crippen LogP contribution in [0.1, 0.15) is 41.5 Å². The van der Waals surface area contributed by atoms with Crippen LogP contribution in [0.2, 0.25) is 0 Å². The monoisotopic (exact) mass is 198 g/mol. The first kappa shape index (κ1) is 13.1. The summed E-state index contributed by atoms with van der Waals surface area (Å²) < 4.78 is 10.7. The summed E-state index contributed by atoms with van der Waals surface area (Å²) in [6.45, 7) is 12.0. The molecular weight excluding hydrogens is 176 g/mol. The smallest absolute Gasteiger partial charge is 0.0998 e. The molecule has 0 aromatic rings. The molecule has 0 N–H and O–H groups in total. The fourth-order valence-electron chi connectivity index (χ4n) is 0.578. The Morgan fingerprint density at radius 1 is 0.643 bits per heavy atom. The molecule has 14 heavy (non-hydrogen) atoms. The van der Waals surface area contributed by atoms with Gasteiger partial charge in [-0.2, -0.15) is 0 Å². The number of hydrogen-bond acceptors (Lipinski definition) is 2. The van der Waals surface area contributed by atoms with Crippen LogP contribution in [-0.2, 0) is 9.47 Å². The molecule has 0 atom stereocenters. The van der Waals surface area contributed by atoms with Gasteiger partial charge in [0.25, 0.3) is 0 Å². The van der Waals surface area contributed by atoms with Gasteiger partial charge in [-0.15, -0.1) is 0 Å². The fourth-order valence-corrected chi connectivity index (χ4v) is 0.578. The van der Waals surface area contributed by atoms with Gasteiger partial charge in [-0.25, -0.2) is 0 Å². The van der Waals surface area contributed by atoms with Crippen molar-refractivity contribution in [2.45, 2.75) is 52.7 Å². The van der Waals surface area contributed by atoms with Gasteiger partial charge in [0.1, 0.15) is 0 Å². The fraction of sp³-hybridized carbons (Fsp3) is 0.667. The van der Waals surface area contributed by atoms with E-state index in [9.17, 15) is 0 Å². The molecule has 2 heteroatoms. The van der Waals surface area contributed by atoms with Crippen molar-refractivity contribution in [1.29, 1.82) is 0 Å². The van der Waals surface area contributed by atoms with Gasteiger partial charge < -0.3 is 9.47 Å². The van der Waals surface area contributed by atoms with Crippen LogP contribution in [-0.4, -0.2) is 11.2 Å². The first-order chi connectivity index (χ1) is 6.21. The highest BCUT2D eigenvalue weighted by Gasteiger charge is 2.07. The van der Waals surface area contributed by atoms with Crippen molar-refractivity contribution < 1.29 is 9.47 Å². The molecule has 0 saturated carbocycles. The molecule has 82 valence electrons. The number of allylic oxidation sites excluding steroid dienone is 2. The van der Waals surface area contributed by atoms with Crippen molar-refractivity contribution in [3.05, 3.63) is 24.7 Å². The second-order valence-electron chi connectivity index (χ2n) is 5.12. The van der Waals surface area contributed by atoms with Gasteiger partial charge in [0, 0.05) is 0 Å². The van der Waals surface area contributed by atoms with E-state index in [0.29, 0.717) is 0 Å².